The Balaban J connectivity index is 1.57. The molecule has 0 spiro atoms. The third-order valence-electron chi connectivity index (χ3n) is 6.07. The van der Waals surface area contributed by atoms with Gasteiger partial charge in [0.25, 0.3) is 0 Å². The van der Waals surface area contributed by atoms with Crippen LogP contribution in [0.4, 0.5) is 0 Å². The van der Waals surface area contributed by atoms with E-state index in [0.29, 0.717) is 32.2 Å². The molecule has 8 heteroatoms. The highest BCUT2D eigenvalue weighted by atomic mass is 16.4. The van der Waals surface area contributed by atoms with Crippen molar-refractivity contribution in [1.29, 1.82) is 0 Å². The van der Waals surface area contributed by atoms with Crippen LogP contribution in [0.3, 0.4) is 0 Å². The Bertz CT molecular complexity index is 745. The van der Waals surface area contributed by atoms with E-state index in [2.05, 4.69) is 15.5 Å². The molecule has 0 aromatic carbocycles. The lowest BCUT2D eigenvalue weighted by atomic mass is 9.86. The van der Waals surface area contributed by atoms with Crippen molar-refractivity contribution in [2.24, 2.45) is 0 Å². The summed E-state index contributed by atoms with van der Waals surface area (Å²) < 4.78 is 0. The topological polar surface area (TPSA) is 115 Å². The van der Waals surface area contributed by atoms with Gasteiger partial charge < -0.3 is 15.3 Å². The van der Waals surface area contributed by atoms with E-state index in [9.17, 15) is 14.4 Å². The number of carboxylic acid groups (broad SMARTS) is 1. The minimum absolute atomic E-state index is 0.0102. The molecule has 3 N–H and O–H groups in total. The van der Waals surface area contributed by atoms with E-state index < -0.39 is 11.5 Å². The van der Waals surface area contributed by atoms with Crippen LogP contribution in [0, 0.1) is 0 Å². The molecular formula is C20H30N4O4. The molecule has 1 atom stereocenters. The summed E-state index contributed by atoms with van der Waals surface area (Å²) >= 11 is 0. The lowest BCUT2D eigenvalue weighted by Crippen LogP contribution is -2.43. The first kappa shape index (κ1) is 20.4. The van der Waals surface area contributed by atoms with Crippen molar-refractivity contribution in [1.82, 2.24) is 20.4 Å². The van der Waals surface area contributed by atoms with Gasteiger partial charge >= 0.3 is 5.97 Å². The quantitative estimate of drug-likeness (QED) is 0.587. The van der Waals surface area contributed by atoms with Gasteiger partial charge in [0, 0.05) is 37.5 Å². The number of carbonyl (C=O) groups excluding carboxylic acids is 2. The summed E-state index contributed by atoms with van der Waals surface area (Å²) in [7, 11) is 1.78. The second kappa shape index (κ2) is 8.75. The van der Waals surface area contributed by atoms with Crippen molar-refractivity contribution in [3.05, 3.63) is 17.0 Å². The van der Waals surface area contributed by atoms with Crippen molar-refractivity contribution in [3.8, 4) is 0 Å². The Labute approximate surface area is 165 Å². The minimum Gasteiger partial charge on any atom is -0.481 e. The van der Waals surface area contributed by atoms with E-state index in [-0.39, 0.29) is 24.7 Å². The Morgan fingerprint density at radius 3 is 2.61 bits per heavy atom. The number of aryl methyl sites for hydroxylation is 1. The maximum absolute atomic E-state index is 12.7. The fourth-order valence-electron chi connectivity index (χ4n) is 4.33. The van der Waals surface area contributed by atoms with Crippen LogP contribution in [0.2, 0.25) is 0 Å². The molecule has 2 amide bonds. The van der Waals surface area contributed by atoms with Crippen LogP contribution in [0.1, 0.15) is 74.7 Å². The maximum Gasteiger partial charge on any atom is 0.303 e. The number of H-pyrrole nitrogens is 1. The normalized spacial score (nSPS) is 21.7. The number of rotatable bonds is 8. The summed E-state index contributed by atoms with van der Waals surface area (Å²) in [5, 5.41) is 19.5. The molecule has 2 aliphatic rings. The lowest BCUT2D eigenvalue weighted by molar-refractivity contribution is -0.137. The molecule has 28 heavy (non-hydrogen) atoms. The second-order valence-corrected chi connectivity index (χ2v) is 8.16. The predicted molar refractivity (Wildman–Crippen MR) is 103 cm³/mol. The van der Waals surface area contributed by atoms with Crippen molar-refractivity contribution in [2.45, 2.75) is 82.7 Å². The average molecular weight is 390 g/mol. The number of aliphatic carboxylic acids is 1. The number of hydrogen-bond donors (Lipinski definition) is 3. The molecule has 1 aliphatic carbocycles. The Morgan fingerprint density at radius 1 is 1.14 bits per heavy atom. The summed E-state index contributed by atoms with van der Waals surface area (Å²) in [5.41, 5.74) is 2.84. The van der Waals surface area contributed by atoms with Gasteiger partial charge in [-0.05, 0) is 50.5 Å². The number of aromatic nitrogens is 2. The van der Waals surface area contributed by atoms with E-state index in [1.54, 1.807) is 11.9 Å². The number of carbonyl (C=O) groups is 3. The van der Waals surface area contributed by atoms with Gasteiger partial charge in [0.2, 0.25) is 11.8 Å². The second-order valence-electron chi connectivity index (χ2n) is 8.16. The molecule has 1 aliphatic heterocycles. The molecule has 1 saturated heterocycles. The molecule has 8 nitrogen and oxygen atoms in total. The van der Waals surface area contributed by atoms with Gasteiger partial charge in [0.1, 0.15) is 0 Å². The third-order valence-corrected chi connectivity index (χ3v) is 6.07. The highest BCUT2D eigenvalue weighted by molar-refractivity contribution is 5.80. The molecule has 1 aromatic rings. The third kappa shape index (κ3) is 4.91. The van der Waals surface area contributed by atoms with Crippen LogP contribution < -0.4 is 5.32 Å². The van der Waals surface area contributed by atoms with Crippen molar-refractivity contribution in [3.63, 3.8) is 0 Å². The van der Waals surface area contributed by atoms with Crippen LogP contribution in [-0.4, -0.2) is 50.6 Å². The van der Waals surface area contributed by atoms with E-state index in [1.165, 1.54) is 24.1 Å². The highest BCUT2D eigenvalue weighted by Crippen LogP contribution is 2.30. The smallest absolute Gasteiger partial charge is 0.303 e. The Hall–Kier alpha value is -2.38. The highest BCUT2D eigenvalue weighted by Gasteiger charge is 2.38. The summed E-state index contributed by atoms with van der Waals surface area (Å²) in [6.45, 7) is 0.471. The van der Waals surface area contributed by atoms with Gasteiger partial charge in [0.15, 0.2) is 0 Å². The zero-order valence-electron chi connectivity index (χ0n) is 16.6. The van der Waals surface area contributed by atoms with Gasteiger partial charge in [-0.2, -0.15) is 5.10 Å². The van der Waals surface area contributed by atoms with Crippen LogP contribution in [0.15, 0.2) is 0 Å². The fourth-order valence-corrected chi connectivity index (χ4v) is 4.33. The van der Waals surface area contributed by atoms with E-state index >= 15 is 0 Å². The molecule has 1 fully saturated rings. The molecule has 0 radical (unpaired) electrons. The van der Waals surface area contributed by atoms with E-state index in [0.717, 1.165) is 25.0 Å². The average Bonchev–Trinajstić information content (AvgIpc) is 3.13. The largest absolute Gasteiger partial charge is 0.481 e. The first-order valence-electron chi connectivity index (χ1n) is 10.2. The van der Waals surface area contributed by atoms with Gasteiger partial charge in [0.05, 0.1) is 12.2 Å². The molecule has 0 unspecified atom stereocenters. The van der Waals surface area contributed by atoms with Crippen molar-refractivity contribution in [2.75, 3.05) is 7.05 Å². The molecule has 3 rings (SSSR count). The summed E-state index contributed by atoms with van der Waals surface area (Å²) in [6.07, 6.45) is 7.65. The lowest BCUT2D eigenvalue weighted by Gasteiger charge is -2.29. The van der Waals surface area contributed by atoms with Gasteiger partial charge in [-0.25, -0.2) is 0 Å². The number of carboxylic acids is 1. The Morgan fingerprint density at radius 2 is 1.89 bits per heavy atom. The fraction of sp³-hybridized carbons (Fsp3) is 0.700. The van der Waals surface area contributed by atoms with Gasteiger partial charge in [-0.15, -0.1) is 0 Å². The Kier molecular flexibility index (Phi) is 6.36. The number of nitrogens with one attached hydrogen (secondary N) is 2. The number of aromatic amines is 1. The van der Waals surface area contributed by atoms with Gasteiger partial charge in [-0.3, -0.25) is 19.5 Å². The summed E-state index contributed by atoms with van der Waals surface area (Å²) in [6, 6.07) is 0. The summed E-state index contributed by atoms with van der Waals surface area (Å²) in [4.78, 5) is 37.0. The number of nitrogens with zero attached hydrogens (tertiary/aromatic N) is 2. The van der Waals surface area contributed by atoms with E-state index in [4.69, 9.17) is 5.11 Å². The maximum atomic E-state index is 12.7. The molecule has 1 aromatic heterocycles. The van der Waals surface area contributed by atoms with E-state index in [1.807, 2.05) is 0 Å². The SMILES string of the molecule is CN(Cc1n[nH]c2c1CCCCC2)C(=O)CC[C@@]1(CCC(=O)O)CCC(=O)N1. The standard InChI is InChI=1S/C20H30N4O4/c1-24(13-16-14-5-3-2-4-6-15(14)22-23-16)18(26)8-11-20(12-9-19(27)28)10-7-17(25)21-20/h2-13H2,1H3,(H,21,25)(H,22,23)(H,27,28)/t20-/m1/s1. The number of hydrogen-bond acceptors (Lipinski definition) is 4. The first-order valence-corrected chi connectivity index (χ1v) is 10.2. The van der Waals surface area contributed by atoms with Gasteiger partial charge in [-0.1, -0.05) is 6.42 Å². The predicted octanol–water partition coefficient (Wildman–Crippen LogP) is 1.93. The minimum atomic E-state index is -0.886. The van der Waals surface area contributed by atoms with Crippen LogP contribution in [0.5, 0.6) is 0 Å². The summed E-state index contributed by atoms with van der Waals surface area (Å²) in [5.74, 6) is -0.963. The zero-order valence-corrected chi connectivity index (χ0v) is 16.6. The number of amides is 2. The molecule has 2 heterocycles. The molecule has 0 saturated carbocycles. The van der Waals surface area contributed by atoms with Crippen molar-refractivity contribution < 1.29 is 19.5 Å². The van der Waals surface area contributed by atoms with Crippen LogP contribution in [-0.2, 0) is 33.8 Å². The first-order chi connectivity index (χ1) is 13.4. The van der Waals surface area contributed by atoms with Crippen LogP contribution >= 0.6 is 0 Å². The molecule has 0 bridgehead atoms. The molecular weight excluding hydrogens is 360 g/mol. The number of fused-ring (bicyclic) bond motifs is 1. The molecule has 154 valence electrons. The zero-order chi connectivity index (χ0) is 20.1. The van der Waals surface area contributed by atoms with Crippen molar-refractivity contribution >= 4 is 17.8 Å². The van der Waals surface area contributed by atoms with Crippen LogP contribution in [0.25, 0.3) is 0 Å². The monoisotopic (exact) mass is 390 g/mol.